The van der Waals surface area contributed by atoms with Crippen LogP contribution in [0.15, 0.2) is 85.1 Å². The molecule has 5 nitrogen and oxygen atoms in total. The predicted octanol–water partition coefficient (Wildman–Crippen LogP) is 6.26. The van der Waals surface area contributed by atoms with E-state index in [4.69, 9.17) is 16.0 Å². The Hall–Kier alpha value is -2.65. The number of nitrogens with zero attached hydrogens (tertiary/aromatic N) is 2. The Morgan fingerprint density at radius 2 is 1.74 bits per heavy atom. The van der Waals surface area contributed by atoms with Crippen LogP contribution in [0, 0.1) is 6.92 Å². The van der Waals surface area contributed by atoms with Crippen molar-refractivity contribution in [1.29, 1.82) is 0 Å². The lowest BCUT2D eigenvalue weighted by Gasteiger charge is -2.09. The Labute approximate surface area is 191 Å². The third-order valence-electron chi connectivity index (χ3n) is 4.75. The molecule has 156 valence electrons. The molecule has 0 amide bonds. The molecule has 0 atom stereocenters. The van der Waals surface area contributed by atoms with Gasteiger partial charge in [-0.05, 0) is 37.3 Å². The quantitative estimate of drug-likeness (QED) is 0.301. The smallest absolute Gasteiger partial charge is 0.294 e. The molecule has 0 bridgehead atoms. The second-order valence-electron chi connectivity index (χ2n) is 6.73. The van der Waals surface area contributed by atoms with Crippen LogP contribution in [0.2, 0.25) is 4.34 Å². The third-order valence-corrected chi connectivity index (χ3v) is 8.66. The van der Waals surface area contributed by atoms with E-state index in [-0.39, 0.29) is 4.21 Å². The maximum Gasteiger partial charge on any atom is 0.294 e. The summed E-state index contributed by atoms with van der Waals surface area (Å²) in [5.41, 5.74) is 3.31. The van der Waals surface area contributed by atoms with Gasteiger partial charge in [-0.15, -0.1) is 27.1 Å². The topological polar surface area (TPSA) is 64.6 Å². The average Bonchev–Trinajstić information content (AvgIpc) is 3.45. The molecule has 0 radical (unpaired) electrons. The number of aryl methyl sites for hydroxylation is 1. The van der Waals surface area contributed by atoms with E-state index in [1.807, 2.05) is 71.5 Å². The Morgan fingerprint density at radius 1 is 1.00 bits per heavy atom. The van der Waals surface area contributed by atoms with Crippen LogP contribution in [0.3, 0.4) is 0 Å². The predicted molar refractivity (Wildman–Crippen MR) is 126 cm³/mol. The number of thiazole rings is 1. The highest BCUT2D eigenvalue weighted by atomic mass is 35.5. The largest absolute Gasteiger partial charge is 0.461 e. The number of fused-ring (bicyclic) bond motifs is 1. The molecule has 3 aromatic heterocycles. The highest BCUT2D eigenvalue weighted by Gasteiger charge is 2.21. The third kappa shape index (κ3) is 3.65. The molecule has 31 heavy (non-hydrogen) atoms. The summed E-state index contributed by atoms with van der Waals surface area (Å²) in [5, 5.41) is 2.87. The van der Waals surface area contributed by atoms with Gasteiger partial charge in [-0.1, -0.05) is 48.0 Å². The summed E-state index contributed by atoms with van der Waals surface area (Å²) in [6.45, 7) is 1.91. The Kier molecular flexibility index (Phi) is 5.10. The van der Waals surface area contributed by atoms with Crippen molar-refractivity contribution in [3.63, 3.8) is 0 Å². The lowest BCUT2D eigenvalue weighted by molar-refractivity contribution is 0.579. The van der Waals surface area contributed by atoms with Gasteiger partial charge < -0.3 is 4.42 Å². The van der Waals surface area contributed by atoms with Crippen LogP contribution in [0.1, 0.15) is 5.76 Å². The van der Waals surface area contributed by atoms with Gasteiger partial charge in [0.2, 0.25) is 4.80 Å². The molecule has 2 aromatic carbocycles. The number of benzene rings is 2. The monoisotopic (exact) mass is 486 g/mol. The zero-order chi connectivity index (χ0) is 21.6. The summed E-state index contributed by atoms with van der Waals surface area (Å²) in [4.78, 5) is 0.343. The summed E-state index contributed by atoms with van der Waals surface area (Å²) < 4.78 is 38.3. The number of para-hydroxylation sites is 2. The lowest BCUT2D eigenvalue weighted by Crippen LogP contribution is -2.16. The second kappa shape index (κ2) is 7.80. The fraction of sp³-hybridized carbons (Fsp3) is 0.0455. The number of furan rings is 1. The van der Waals surface area contributed by atoms with Gasteiger partial charge in [0.15, 0.2) is 0 Å². The van der Waals surface area contributed by atoms with Crippen molar-refractivity contribution in [3.8, 4) is 16.9 Å². The summed E-state index contributed by atoms with van der Waals surface area (Å²) >= 11 is 8.19. The fourth-order valence-electron chi connectivity index (χ4n) is 3.45. The molecular weight excluding hydrogens is 472 g/mol. The molecule has 0 aliphatic heterocycles. The second-order valence-corrected chi connectivity index (χ2v) is 11.1. The first-order valence-corrected chi connectivity index (χ1v) is 12.8. The standard InChI is InChI=1S/C22H15ClN2O3S3/c1-14-21(16-9-5-6-10-18(16)28-14)17-13-29-22(25(17)15-7-3-2-4-8-15)24-31(26,27)20-12-11-19(23)30-20/h2-13H,1H3. The minimum absolute atomic E-state index is 0.108. The van der Waals surface area contributed by atoms with E-state index in [0.29, 0.717) is 9.14 Å². The molecular formula is C22H15ClN2O3S3. The Bertz CT molecular complexity index is 1580. The number of rotatable bonds is 4. The lowest BCUT2D eigenvalue weighted by atomic mass is 10.1. The first-order chi connectivity index (χ1) is 14.9. The van der Waals surface area contributed by atoms with Crippen molar-refractivity contribution in [2.45, 2.75) is 11.1 Å². The van der Waals surface area contributed by atoms with Crippen molar-refractivity contribution in [3.05, 3.63) is 87.0 Å². The number of hydrogen-bond acceptors (Lipinski definition) is 5. The van der Waals surface area contributed by atoms with Crippen LogP contribution in [-0.4, -0.2) is 13.0 Å². The van der Waals surface area contributed by atoms with E-state index < -0.39 is 10.0 Å². The molecule has 0 unspecified atom stereocenters. The zero-order valence-electron chi connectivity index (χ0n) is 16.2. The van der Waals surface area contributed by atoms with E-state index in [1.165, 1.54) is 17.4 Å². The van der Waals surface area contributed by atoms with Gasteiger partial charge in [-0.2, -0.15) is 8.42 Å². The SMILES string of the molecule is Cc1oc2ccccc2c1-c1csc(=NS(=O)(=O)c2ccc(Cl)s2)n1-c1ccccc1. The molecule has 0 fully saturated rings. The van der Waals surface area contributed by atoms with Gasteiger partial charge in [0.1, 0.15) is 15.6 Å². The molecule has 9 heteroatoms. The van der Waals surface area contributed by atoms with Gasteiger partial charge in [0.25, 0.3) is 10.0 Å². The van der Waals surface area contributed by atoms with Crippen molar-refractivity contribution in [1.82, 2.24) is 4.57 Å². The van der Waals surface area contributed by atoms with Crippen LogP contribution in [0.25, 0.3) is 27.9 Å². The first-order valence-electron chi connectivity index (χ1n) is 9.25. The van der Waals surface area contributed by atoms with E-state index in [0.717, 1.165) is 45.0 Å². The van der Waals surface area contributed by atoms with Crippen molar-refractivity contribution in [2.24, 2.45) is 4.40 Å². The van der Waals surface area contributed by atoms with Crippen LogP contribution >= 0.6 is 34.3 Å². The van der Waals surface area contributed by atoms with Gasteiger partial charge in [0.05, 0.1) is 10.0 Å². The average molecular weight is 487 g/mol. The molecule has 0 aliphatic rings. The van der Waals surface area contributed by atoms with E-state index >= 15 is 0 Å². The van der Waals surface area contributed by atoms with Crippen molar-refractivity contribution >= 4 is 55.3 Å². The molecule has 0 saturated carbocycles. The van der Waals surface area contributed by atoms with Gasteiger partial charge in [-0.3, -0.25) is 4.57 Å². The summed E-state index contributed by atoms with van der Waals surface area (Å²) in [6.07, 6.45) is 0. The van der Waals surface area contributed by atoms with E-state index in [2.05, 4.69) is 4.40 Å². The highest BCUT2D eigenvalue weighted by Crippen LogP contribution is 2.36. The summed E-state index contributed by atoms with van der Waals surface area (Å²) in [7, 11) is -3.91. The maximum atomic E-state index is 12.9. The van der Waals surface area contributed by atoms with Gasteiger partial charge in [0, 0.05) is 22.0 Å². The molecule has 0 spiro atoms. The van der Waals surface area contributed by atoms with Crippen LogP contribution < -0.4 is 4.80 Å². The molecule has 0 saturated heterocycles. The van der Waals surface area contributed by atoms with E-state index in [1.54, 1.807) is 6.07 Å². The first kappa shape index (κ1) is 20.3. The number of aromatic nitrogens is 1. The van der Waals surface area contributed by atoms with Gasteiger partial charge >= 0.3 is 0 Å². The minimum atomic E-state index is -3.91. The number of halogens is 1. The Morgan fingerprint density at radius 3 is 2.48 bits per heavy atom. The van der Waals surface area contributed by atoms with Crippen LogP contribution in [-0.2, 0) is 10.0 Å². The molecule has 0 aliphatic carbocycles. The molecule has 5 aromatic rings. The normalized spacial score (nSPS) is 12.6. The minimum Gasteiger partial charge on any atom is -0.461 e. The maximum absolute atomic E-state index is 12.9. The number of sulfonamides is 1. The molecule has 5 rings (SSSR count). The fourth-order valence-corrected chi connectivity index (χ4v) is 7.00. The van der Waals surface area contributed by atoms with Crippen molar-refractivity contribution < 1.29 is 12.8 Å². The molecule has 3 heterocycles. The van der Waals surface area contributed by atoms with Crippen LogP contribution in [0.4, 0.5) is 0 Å². The molecule has 0 N–H and O–H groups in total. The van der Waals surface area contributed by atoms with Crippen LogP contribution in [0.5, 0.6) is 0 Å². The van der Waals surface area contributed by atoms with Gasteiger partial charge in [-0.25, -0.2) is 0 Å². The number of hydrogen-bond donors (Lipinski definition) is 0. The van der Waals surface area contributed by atoms with E-state index in [9.17, 15) is 8.42 Å². The highest BCUT2D eigenvalue weighted by molar-refractivity contribution is 7.92. The van der Waals surface area contributed by atoms with Crippen molar-refractivity contribution in [2.75, 3.05) is 0 Å². The summed E-state index contributed by atoms with van der Waals surface area (Å²) in [6, 6.07) is 20.4. The Balaban J connectivity index is 1.81. The number of thiophene rings is 1. The zero-order valence-corrected chi connectivity index (χ0v) is 19.4. The summed E-state index contributed by atoms with van der Waals surface area (Å²) in [5.74, 6) is 0.753.